The Balaban J connectivity index is 3.89. The van der Waals surface area contributed by atoms with Crippen molar-refractivity contribution in [3.05, 3.63) is 0 Å². The first-order valence-corrected chi connectivity index (χ1v) is 4.63. The molecule has 0 atom stereocenters. The largest absolute Gasteiger partial charge is 0.347 e. The number of carbonyl (C=O) groups excluding carboxylic acids is 2. The molecule has 0 rings (SSSR count). The van der Waals surface area contributed by atoms with Crippen LogP contribution in [-0.2, 0) is 9.59 Å². The molecule has 0 aromatic carbocycles. The van der Waals surface area contributed by atoms with E-state index in [4.69, 9.17) is 0 Å². The number of rotatable bonds is 5. The lowest BCUT2D eigenvalue weighted by Crippen LogP contribution is -2.41. The summed E-state index contributed by atoms with van der Waals surface area (Å²) in [5.41, 5.74) is 0. The molecule has 0 radical (unpaired) electrons. The number of hydrogen-bond donors (Lipinski definition) is 1. The van der Waals surface area contributed by atoms with Crippen molar-refractivity contribution < 1.29 is 9.59 Å². The van der Waals surface area contributed by atoms with E-state index in [1.54, 1.807) is 21.1 Å². The van der Waals surface area contributed by atoms with Crippen molar-refractivity contribution in [3.63, 3.8) is 0 Å². The maximum Gasteiger partial charge on any atom is 0.241 e. The highest BCUT2D eigenvalue weighted by Crippen LogP contribution is 1.87. The highest BCUT2D eigenvalue weighted by Gasteiger charge is 2.12. The van der Waals surface area contributed by atoms with Gasteiger partial charge in [0, 0.05) is 21.1 Å². The van der Waals surface area contributed by atoms with Crippen LogP contribution in [0.1, 0.15) is 6.92 Å². The SMILES string of the molecule is CCNCC(=O)N(C)CC(=O)N(C)C. The number of likely N-dealkylation sites (N-methyl/N-ethyl adjacent to an activating group) is 3. The second-order valence-electron chi connectivity index (χ2n) is 3.32. The van der Waals surface area contributed by atoms with Gasteiger partial charge in [-0.2, -0.15) is 0 Å². The van der Waals surface area contributed by atoms with Crippen LogP contribution in [0.25, 0.3) is 0 Å². The topological polar surface area (TPSA) is 52.7 Å². The van der Waals surface area contributed by atoms with Crippen LogP contribution >= 0.6 is 0 Å². The van der Waals surface area contributed by atoms with Crippen LogP contribution in [0.5, 0.6) is 0 Å². The standard InChI is InChI=1S/C9H19N3O2/c1-5-10-6-8(13)12(4)7-9(14)11(2)3/h10H,5-7H2,1-4H3. The molecule has 0 saturated heterocycles. The predicted octanol–water partition coefficient (Wildman–Crippen LogP) is -0.857. The van der Waals surface area contributed by atoms with Crippen molar-refractivity contribution in [1.29, 1.82) is 0 Å². The predicted molar refractivity (Wildman–Crippen MR) is 54.9 cm³/mol. The van der Waals surface area contributed by atoms with Crippen molar-refractivity contribution >= 4 is 11.8 Å². The van der Waals surface area contributed by atoms with Gasteiger partial charge in [0.2, 0.25) is 11.8 Å². The molecule has 0 bridgehead atoms. The van der Waals surface area contributed by atoms with Gasteiger partial charge in [-0.3, -0.25) is 9.59 Å². The summed E-state index contributed by atoms with van der Waals surface area (Å²) in [5.74, 6) is -0.139. The van der Waals surface area contributed by atoms with E-state index < -0.39 is 0 Å². The first-order chi connectivity index (χ1) is 6.49. The van der Waals surface area contributed by atoms with E-state index in [0.717, 1.165) is 6.54 Å². The molecule has 1 N–H and O–H groups in total. The van der Waals surface area contributed by atoms with Crippen molar-refractivity contribution in [2.45, 2.75) is 6.92 Å². The average molecular weight is 201 g/mol. The third kappa shape index (κ3) is 4.81. The van der Waals surface area contributed by atoms with Crippen LogP contribution in [-0.4, -0.2) is 62.4 Å². The van der Waals surface area contributed by atoms with Gasteiger partial charge in [-0.1, -0.05) is 6.92 Å². The van der Waals surface area contributed by atoms with Crippen molar-refractivity contribution in [2.75, 3.05) is 40.8 Å². The molecule has 0 aliphatic carbocycles. The van der Waals surface area contributed by atoms with Gasteiger partial charge < -0.3 is 15.1 Å². The van der Waals surface area contributed by atoms with Gasteiger partial charge >= 0.3 is 0 Å². The number of carbonyl (C=O) groups is 2. The maximum absolute atomic E-state index is 11.4. The Morgan fingerprint density at radius 2 is 1.71 bits per heavy atom. The van der Waals surface area contributed by atoms with Crippen molar-refractivity contribution in [2.24, 2.45) is 0 Å². The summed E-state index contributed by atoms with van der Waals surface area (Å²) in [4.78, 5) is 25.5. The fraction of sp³-hybridized carbons (Fsp3) is 0.778. The Hall–Kier alpha value is -1.10. The monoisotopic (exact) mass is 201 g/mol. The summed E-state index contributed by atoms with van der Waals surface area (Å²) in [7, 11) is 4.97. The molecule has 5 heteroatoms. The second-order valence-corrected chi connectivity index (χ2v) is 3.32. The molecule has 0 aromatic heterocycles. The van der Waals surface area contributed by atoms with E-state index in [1.165, 1.54) is 9.80 Å². The van der Waals surface area contributed by atoms with Crippen LogP contribution in [0.3, 0.4) is 0 Å². The molecular formula is C9H19N3O2. The number of amides is 2. The van der Waals surface area contributed by atoms with E-state index >= 15 is 0 Å². The van der Waals surface area contributed by atoms with Crippen molar-refractivity contribution in [3.8, 4) is 0 Å². The Kier molecular flexibility index (Phi) is 5.87. The van der Waals surface area contributed by atoms with Gasteiger partial charge in [-0.15, -0.1) is 0 Å². The van der Waals surface area contributed by atoms with Gasteiger partial charge in [0.1, 0.15) is 0 Å². The number of nitrogens with zero attached hydrogens (tertiary/aromatic N) is 2. The molecule has 0 spiro atoms. The molecule has 0 unspecified atom stereocenters. The highest BCUT2D eigenvalue weighted by atomic mass is 16.2. The molecule has 5 nitrogen and oxygen atoms in total. The summed E-state index contributed by atoms with van der Waals surface area (Å²) in [6, 6.07) is 0. The number of hydrogen-bond acceptors (Lipinski definition) is 3. The average Bonchev–Trinajstić information content (AvgIpc) is 2.13. The van der Waals surface area contributed by atoms with Gasteiger partial charge in [-0.05, 0) is 6.54 Å². The van der Waals surface area contributed by atoms with E-state index in [9.17, 15) is 9.59 Å². The van der Waals surface area contributed by atoms with Crippen molar-refractivity contribution in [1.82, 2.24) is 15.1 Å². The Morgan fingerprint density at radius 1 is 1.14 bits per heavy atom. The minimum absolute atomic E-state index is 0.0675. The molecule has 14 heavy (non-hydrogen) atoms. The smallest absolute Gasteiger partial charge is 0.241 e. The molecule has 0 aliphatic heterocycles. The summed E-state index contributed by atoms with van der Waals surface area (Å²) in [6.07, 6.45) is 0. The fourth-order valence-corrected chi connectivity index (χ4v) is 0.799. The highest BCUT2D eigenvalue weighted by molar-refractivity contribution is 5.85. The summed E-state index contributed by atoms with van der Waals surface area (Å²) in [6.45, 7) is 3.10. The van der Waals surface area contributed by atoms with Crippen LogP contribution in [0, 0.1) is 0 Å². The van der Waals surface area contributed by atoms with Gasteiger partial charge in [0.25, 0.3) is 0 Å². The number of nitrogens with one attached hydrogen (secondary N) is 1. The second kappa shape index (κ2) is 6.37. The molecule has 82 valence electrons. The summed E-state index contributed by atoms with van der Waals surface area (Å²) in [5, 5.41) is 2.92. The quantitative estimate of drug-likeness (QED) is 0.630. The molecular weight excluding hydrogens is 182 g/mol. The molecule has 2 amide bonds. The zero-order valence-electron chi connectivity index (χ0n) is 9.33. The zero-order valence-corrected chi connectivity index (χ0v) is 9.33. The minimum atomic E-state index is -0.0719. The lowest BCUT2D eigenvalue weighted by molar-refractivity contribution is -0.137. The van der Waals surface area contributed by atoms with Gasteiger partial charge in [0.15, 0.2) is 0 Å². The molecule has 0 aliphatic rings. The normalized spacial score (nSPS) is 9.71. The Labute approximate surface area is 85.1 Å². The first-order valence-electron chi connectivity index (χ1n) is 4.63. The molecule has 0 heterocycles. The third-order valence-corrected chi connectivity index (χ3v) is 1.82. The van der Waals surface area contributed by atoms with Crippen LogP contribution in [0.2, 0.25) is 0 Å². The van der Waals surface area contributed by atoms with E-state index in [1.807, 2.05) is 6.92 Å². The van der Waals surface area contributed by atoms with E-state index in [2.05, 4.69) is 5.32 Å². The lowest BCUT2D eigenvalue weighted by atomic mass is 10.4. The minimum Gasteiger partial charge on any atom is -0.347 e. The third-order valence-electron chi connectivity index (χ3n) is 1.82. The molecule has 0 aromatic rings. The molecule has 0 saturated carbocycles. The Morgan fingerprint density at radius 3 is 2.14 bits per heavy atom. The van der Waals surface area contributed by atoms with Gasteiger partial charge in [0.05, 0.1) is 13.1 Å². The summed E-state index contributed by atoms with van der Waals surface area (Å²) >= 11 is 0. The summed E-state index contributed by atoms with van der Waals surface area (Å²) < 4.78 is 0. The van der Waals surface area contributed by atoms with Gasteiger partial charge in [-0.25, -0.2) is 0 Å². The van der Waals surface area contributed by atoms with Crippen LogP contribution in [0.15, 0.2) is 0 Å². The van der Waals surface area contributed by atoms with Crippen LogP contribution < -0.4 is 5.32 Å². The Bertz CT molecular complexity index is 204. The fourth-order valence-electron chi connectivity index (χ4n) is 0.799. The zero-order chi connectivity index (χ0) is 11.1. The van der Waals surface area contributed by atoms with Crippen LogP contribution in [0.4, 0.5) is 0 Å². The van der Waals surface area contributed by atoms with E-state index in [0.29, 0.717) is 0 Å². The maximum atomic E-state index is 11.4. The molecule has 0 fully saturated rings. The lowest BCUT2D eigenvalue weighted by Gasteiger charge is -2.19. The van der Waals surface area contributed by atoms with E-state index in [-0.39, 0.29) is 24.9 Å². The first kappa shape index (κ1) is 12.9.